The van der Waals surface area contributed by atoms with Crippen molar-refractivity contribution < 1.29 is 4.74 Å². The molecule has 0 amide bonds. The van der Waals surface area contributed by atoms with Crippen molar-refractivity contribution in [2.45, 2.75) is 44.4 Å². The van der Waals surface area contributed by atoms with Gasteiger partial charge in [0.2, 0.25) is 0 Å². The second-order valence-corrected chi connectivity index (χ2v) is 5.36. The van der Waals surface area contributed by atoms with Crippen LogP contribution in [0.1, 0.15) is 31.2 Å². The predicted molar refractivity (Wildman–Crippen MR) is 71.5 cm³/mol. The van der Waals surface area contributed by atoms with Crippen molar-refractivity contribution >= 4 is 23.2 Å². The Morgan fingerprint density at radius 3 is 2.88 bits per heavy atom. The lowest BCUT2D eigenvalue weighted by molar-refractivity contribution is 0.0123. The second-order valence-electron chi connectivity index (χ2n) is 4.57. The molecule has 1 saturated carbocycles. The molecule has 1 aliphatic carbocycles. The zero-order chi connectivity index (χ0) is 12.3. The largest absolute Gasteiger partial charge is 0.373 e. The van der Waals surface area contributed by atoms with Crippen molar-refractivity contribution in [1.82, 2.24) is 0 Å². The molecule has 2 unspecified atom stereocenters. The van der Waals surface area contributed by atoms with Crippen molar-refractivity contribution in [2.24, 2.45) is 5.73 Å². The Bertz CT molecular complexity index is 384. The quantitative estimate of drug-likeness (QED) is 0.910. The summed E-state index contributed by atoms with van der Waals surface area (Å²) in [5, 5.41) is 1.17. The summed E-state index contributed by atoms with van der Waals surface area (Å²) in [5.74, 6) is 0. The third-order valence-corrected chi connectivity index (χ3v) is 4.03. The van der Waals surface area contributed by atoms with Crippen molar-refractivity contribution in [3.05, 3.63) is 33.8 Å². The van der Waals surface area contributed by atoms with Gasteiger partial charge in [-0.05, 0) is 37.3 Å². The Balaban J connectivity index is 1.91. The van der Waals surface area contributed by atoms with E-state index in [1.165, 1.54) is 0 Å². The lowest BCUT2D eigenvalue weighted by Gasteiger charge is -2.26. The van der Waals surface area contributed by atoms with Gasteiger partial charge in [0, 0.05) is 6.04 Å². The normalized spacial score (nSPS) is 24.9. The topological polar surface area (TPSA) is 35.2 Å². The van der Waals surface area contributed by atoms with Crippen molar-refractivity contribution in [3.8, 4) is 0 Å². The summed E-state index contributed by atoms with van der Waals surface area (Å²) >= 11 is 12.1. The number of nitrogens with two attached hydrogens (primary N) is 1. The van der Waals surface area contributed by atoms with E-state index in [4.69, 9.17) is 33.7 Å². The zero-order valence-electron chi connectivity index (χ0n) is 9.66. The predicted octanol–water partition coefficient (Wildman–Crippen LogP) is 3.78. The van der Waals surface area contributed by atoms with E-state index in [9.17, 15) is 0 Å². The van der Waals surface area contributed by atoms with Crippen molar-refractivity contribution in [3.63, 3.8) is 0 Å². The van der Waals surface area contributed by atoms with Gasteiger partial charge in [0.05, 0.1) is 22.8 Å². The monoisotopic (exact) mass is 273 g/mol. The summed E-state index contributed by atoms with van der Waals surface area (Å²) < 4.78 is 5.85. The van der Waals surface area contributed by atoms with Crippen LogP contribution in [0.25, 0.3) is 0 Å². The number of hydrogen-bond donors (Lipinski definition) is 1. The molecule has 1 aromatic carbocycles. The minimum absolute atomic E-state index is 0.258. The average Bonchev–Trinajstić information content (AvgIpc) is 2.31. The van der Waals surface area contributed by atoms with Crippen LogP contribution < -0.4 is 5.73 Å². The van der Waals surface area contributed by atoms with E-state index < -0.39 is 0 Å². The molecule has 0 bridgehead atoms. The Morgan fingerprint density at radius 1 is 1.29 bits per heavy atom. The van der Waals surface area contributed by atoms with Crippen molar-refractivity contribution in [1.29, 1.82) is 0 Å². The third kappa shape index (κ3) is 3.59. The van der Waals surface area contributed by atoms with Gasteiger partial charge in [-0.2, -0.15) is 0 Å². The van der Waals surface area contributed by atoms with Crippen LogP contribution in [0, 0.1) is 0 Å². The van der Waals surface area contributed by atoms with E-state index in [1.807, 2.05) is 12.1 Å². The number of rotatable bonds is 3. The Hall–Kier alpha value is -0.280. The van der Waals surface area contributed by atoms with Gasteiger partial charge in [-0.1, -0.05) is 35.3 Å². The highest BCUT2D eigenvalue weighted by Crippen LogP contribution is 2.27. The van der Waals surface area contributed by atoms with Crippen LogP contribution in [-0.4, -0.2) is 12.1 Å². The SMILES string of the molecule is NC1CCCC(OCc2cccc(Cl)c2Cl)C1. The number of benzene rings is 1. The summed E-state index contributed by atoms with van der Waals surface area (Å²) in [5.41, 5.74) is 6.86. The lowest BCUT2D eigenvalue weighted by atomic mass is 9.93. The second kappa shape index (κ2) is 6.05. The Morgan fingerprint density at radius 2 is 2.12 bits per heavy atom. The van der Waals surface area contributed by atoms with E-state index in [0.29, 0.717) is 16.7 Å². The summed E-state index contributed by atoms with van der Waals surface area (Å²) in [6.07, 6.45) is 4.55. The van der Waals surface area contributed by atoms with Crippen molar-refractivity contribution in [2.75, 3.05) is 0 Å². The van der Waals surface area contributed by atoms with E-state index in [-0.39, 0.29) is 12.1 Å². The first-order valence-corrected chi connectivity index (χ1v) is 6.72. The minimum atomic E-state index is 0.258. The molecule has 17 heavy (non-hydrogen) atoms. The van der Waals surface area contributed by atoms with E-state index in [0.717, 1.165) is 31.2 Å². The Labute approximate surface area is 112 Å². The van der Waals surface area contributed by atoms with Crippen LogP contribution in [-0.2, 0) is 11.3 Å². The maximum absolute atomic E-state index is 6.10. The third-order valence-electron chi connectivity index (χ3n) is 3.17. The molecule has 0 spiro atoms. The summed E-state index contributed by atoms with van der Waals surface area (Å²) in [6, 6.07) is 5.89. The summed E-state index contributed by atoms with van der Waals surface area (Å²) in [6.45, 7) is 0.511. The molecule has 2 N–H and O–H groups in total. The molecule has 4 heteroatoms. The van der Waals surface area contributed by atoms with Gasteiger partial charge < -0.3 is 10.5 Å². The fourth-order valence-corrected chi connectivity index (χ4v) is 2.57. The molecule has 2 rings (SSSR count). The van der Waals surface area contributed by atoms with E-state index in [2.05, 4.69) is 0 Å². The van der Waals surface area contributed by atoms with Gasteiger partial charge in [-0.25, -0.2) is 0 Å². The molecule has 2 nitrogen and oxygen atoms in total. The van der Waals surface area contributed by atoms with Crippen LogP contribution in [0.5, 0.6) is 0 Å². The highest BCUT2D eigenvalue weighted by molar-refractivity contribution is 6.42. The number of hydrogen-bond acceptors (Lipinski definition) is 2. The summed E-state index contributed by atoms with van der Waals surface area (Å²) in [4.78, 5) is 0. The average molecular weight is 274 g/mol. The first kappa shape index (κ1) is 13.2. The maximum Gasteiger partial charge on any atom is 0.0735 e. The number of ether oxygens (including phenoxy) is 1. The molecule has 1 aliphatic rings. The smallest absolute Gasteiger partial charge is 0.0735 e. The molecular formula is C13H17Cl2NO. The van der Waals surface area contributed by atoms with Crippen LogP contribution in [0.15, 0.2) is 18.2 Å². The summed E-state index contributed by atoms with van der Waals surface area (Å²) in [7, 11) is 0. The van der Waals surface area contributed by atoms with Gasteiger partial charge in [0.25, 0.3) is 0 Å². The Kier molecular flexibility index (Phi) is 4.69. The van der Waals surface area contributed by atoms with Crippen LogP contribution in [0.2, 0.25) is 10.0 Å². The fourth-order valence-electron chi connectivity index (χ4n) is 2.20. The van der Waals surface area contributed by atoms with Gasteiger partial charge in [-0.15, -0.1) is 0 Å². The molecule has 1 fully saturated rings. The molecule has 0 radical (unpaired) electrons. The minimum Gasteiger partial charge on any atom is -0.373 e. The highest BCUT2D eigenvalue weighted by atomic mass is 35.5. The molecule has 1 aromatic rings. The molecule has 0 aliphatic heterocycles. The molecular weight excluding hydrogens is 257 g/mol. The van der Waals surface area contributed by atoms with Gasteiger partial charge in [0.1, 0.15) is 0 Å². The van der Waals surface area contributed by atoms with Crippen LogP contribution in [0.4, 0.5) is 0 Å². The molecule has 0 saturated heterocycles. The van der Waals surface area contributed by atoms with E-state index in [1.54, 1.807) is 6.07 Å². The van der Waals surface area contributed by atoms with Crippen LogP contribution in [0.3, 0.4) is 0 Å². The van der Waals surface area contributed by atoms with Gasteiger partial charge >= 0.3 is 0 Å². The fraction of sp³-hybridized carbons (Fsp3) is 0.538. The van der Waals surface area contributed by atoms with Crippen LogP contribution >= 0.6 is 23.2 Å². The standard InChI is InChI=1S/C13H17Cl2NO/c14-12-6-1-3-9(13(12)15)8-17-11-5-2-4-10(16)7-11/h1,3,6,10-11H,2,4-5,7-8,16H2. The first-order valence-electron chi connectivity index (χ1n) is 5.97. The molecule has 0 aromatic heterocycles. The van der Waals surface area contributed by atoms with Gasteiger partial charge in [-0.3, -0.25) is 0 Å². The zero-order valence-corrected chi connectivity index (χ0v) is 11.2. The maximum atomic E-state index is 6.10. The molecule has 2 atom stereocenters. The molecule has 94 valence electrons. The highest BCUT2D eigenvalue weighted by Gasteiger charge is 2.19. The molecule has 0 heterocycles. The van der Waals surface area contributed by atoms with E-state index >= 15 is 0 Å². The lowest BCUT2D eigenvalue weighted by Crippen LogP contribution is -2.32. The number of halogens is 2. The van der Waals surface area contributed by atoms with Gasteiger partial charge in [0.15, 0.2) is 0 Å². The first-order chi connectivity index (χ1) is 8.16.